The first kappa shape index (κ1) is 49.6. The molecule has 0 spiro atoms. The molecule has 0 saturated heterocycles. The van der Waals surface area contributed by atoms with Gasteiger partial charge in [0.05, 0.1) is 11.4 Å². The van der Waals surface area contributed by atoms with Crippen molar-refractivity contribution >= 4 is 28.1 Å². The van der Waals surface area contributed by atoms with Crippen LogP contribution in [0.1, 0.15) is 179 Å². The normalized spacial score (nSPS) is 12.9. The molecule has 352 valence electrons. The van der Waals surface area contributed by atoms with Crippen molar-refractivity contribution in [3.05, 3.63) is 142 Å². The molecule has 0 atom stereocenters. The van der Waals surface area contributed by atoms with Crippen LogP contribution < -0.4 is 9.64 Å². The van der Waals surface area contributed by atoms with E-state index in [1.54, 1.807) is 0 Å². The summed E-state index contributed by atoms with van der Waals surface area (Å²) in [7, 11) is 0. The second kappa shape index (κ2) is 18.7. The van der Waals surface area contributed by atoms with Crippen LogP contribution in [0.4, 0.5) is 17.2 Å². The van der Waals surface area contributed by atoms with Crippen molar-refractivity contribution in [2.75, 3.05) is 4.90 Å². The quantitative estimate of drug-likeness (QED) is 0.146. The first-order chi connectivity index (χ1) is 31.0. The summed E-state index contributed by atoms with van der Waals surface area (Å²) in [5.74, 6) is 3.79. The maximum Gasteiger partial charge on any atom is 0.148 e. The molecule has 5 aromatic carbocycles. The zero-order chi connectivity index (χ0) is 47.7. The number of phenols is 1. The van der Waals surface area contributed by atoms with Gasteiger partial charge in [-0.2, -0.15) is 0 Å². The number of nitrogens with zero attached hydrogens (tertiary/aromatic N) is 3. The molecular weight excluding hydrogens is 1000 g/mol. The van der Waals surface area contributed by atoms with Gasteiger partial charge >= 0.3 is 0 Å². The van der Waals surface area contributed by atoms with Crippen molar-refractivity contribution in [3.63, 3.8) is 0 Å². The number of rotatable bonds is 9. The Bertz CT molecular complexity index is 2940. The molecule has 67 heavy (non-hydrogen) atoms. The monoisotopic (exact) mass is 1070 g/mol. The van der Waals surface area contributed by atoms with E-state index in [1.165, 1.54) is 33.4 Å². The summed E-state index contributed by atoms with van der Waals surface area (Å²) in [4.78, 5) is 12.9. The number of pyridine rings is 2. The number of anilines is 3. The summed E-state index contributed by atoms with van der Waals surface area (Å²) in [6.45, 7) is 36.2. The van der Waals surface area contributed by atoms with Crippen molar-refractivity contribution in [3.8, 4) is 50.8 Å². The van der Waals surface area contributed by atoms with Gasteiger partial charge < -0.3 is 14.7 Å². The van der Waals surface area contributed by atoms with Crippen LogP contribution in [0.15, 0.2) is 97.2 Å². The van der Waals surface area contributed by atoms with Crippen LogP contribution in [0, 0.1) is 6.07 Å². The summed E-state index contributed by atoms with van der Waals surface area (Å²) in [5, 5.41) is 13.8. The van der Waals surface area contributed by atoms with E-state index in [9.17, 15) is 5.11 Å². The van der Waals surface area contributed by atoms with E-state index in [4.69, 9.17) is 14.7 Å². The summed E-state index contributed by atoms with van der Waals surface area (Å²) in [5.41, 5.74) is 16.1. The predicted octanol–water partition coefficient (Wildman–Crippen LogP) is 17.9. The Hall–Kier alpha value is -5.25. The number of aromatic hydroxyl groups is 1. The fourth-order valence-corrected chi connectivity index (χ4v) is 9.51. The van der Waals surface area contributed by atoms with E-state index in [-0.39, 0.29) is 55.4 Å². The molecule has 1 aliphatic rings. The molecule has 5 nitrogen and oxygen atoms in total. The molecule has 0 aliphatic carbocycles. The largest absolute Gasteiger partial charge is 0.505 e. The summed E-state index contributed by atoms with van der Waals surface area (Å²) < 4.78 is 6.86. The van der Waals surface area contributed by atoms with Gasteiger partial charge in [0, 0.05) is 43.9 Å². The van der Waals surface area contributed by atoms with E-state index in [0.29, 0.717) is 17.4 Å². The number of hydrogen-bond acceptors (Lipinski definition) is 5. The second-order valence-electron chi connectivity index (χ2n) is 22.2. The number of benzene rings is 5. The fraction of sp³-hybridized carbons (Fsp3) is 0.377. The Morgan fingerprint density at radius 2 is 1.24 bits per heavy atom. The van der Waals surface area contributed by atoms with E-state index in [0.717, 1.165) is 73.2 Å². The average Bonchev–Trinajstić information content (AvgIpc) is 3.26. The standard InChI is InChI=1S/C61H70N3O2.Pt/c1-34(2)40-22-23-53-51(28-40)64(55-29-42(24-25-62-55)60(11,12)13)52-31-47(43(36(5)6)32-54(52)66-53)50-33-49(61(14,15)16)57-48(30-46(59(65)58(57)63-50)39-20-18-17-19-21-39)56-44(37(7)8)26-41(35(3)4)27-45(56)38(9)10;/h17-30,32-38,65H,1-16H3;/q-1;. The molecule has 1 aliphatic heterocycles. The second-order valence-corrected chi connectivity index (χ2v) is 22.2. The molecule has 0 amide bonds. The van der Waals surface area contributed by atoms with Crippen molar-refractivity contribution in [2.45, 2.75) is 151 Å². The third-order valence-corrected chi connectivity index (χ3v) is 13.5. The molecule has 8 rings (SSSR count). The first-order valence-corrected chi connectivity index (χ1v) is 24.2. The van der Waals surface area contributed by atoms with Crippen LogP contribution in [0.5, 0.6) is 17.2 Å². The average molecular weight is 1070 g/mol. The van der Waals surface area contributed by atoms with Gasteiger partial charge in [-0.05, 0) is 121 Å². The Morgan fingerprint density at radius 1 is 0.612 bits per heavy atom. The number of ether oxygens (including phenoxy) is 1. The van der Waals surface area contributed by atoms with Crippen molar-refractivity contribution in [1.82, 2.24) is 9.97 Å². The van der Waals surface area contributed by atoms with Gasteiger partial charge in [-0.25, -0.2) is 4.98 Å². The number of phenolic OH excluding ortho intramolecular Hbond substituents is 1. The van der Waals surface area contributed by atoms with Gasteiger partial charge in [-0.15, -0.1) is 17.2 Å². The van der Waals surface area contributed by atoms with E-state index in [1.807, 2.05) is 24.4 Å². The van der Waals surface area contributed by atoms with Crippen LogP contribution in [-0.2, 0) is 31.9 Å². The number of aromatic nitrogens is 2. The first-order valence-electron chi connectivity index (χ1n) is 24.2. The van der Waals surface area contributed by atoms with Gasteiger partial charge in [-0.3, -0.25) is 4.98 Å². The minimum Gasteiger partial charge on any atom is -0.505 e. The molecule has 0 saturated carbocycles. The van der Waals surface area contributed by atoms with Crippen molar-refractivity contribution in [2.24, 2.45) is 0 Å². The van der Waals surface area contributed by atoms with Crippen molar-refractivity contribution < 1.29 is 30.9 Å². The molecule has 7 aromatic rings. The van der Waals surface area contributed by atoms with E-state index in [2.05, 4.69) is 195 Å². The molecule has 1 N–H and O–H groups in total. The fourth-order valence-electron chi connectivity index (χ4n) is 9.51. The maximum absolute atomic E-state index is 12.8. The van der Waals surface area contributed by atoms with Gasteiger partial charge in [0.25, 0.3) is 0 Å². The van der Waals surface area contributed by atoms with Crippen LogP contribution in [0.2, 0.25) is 0 Å². The van der Waals surface area contributed by atoms with Crippen LogP contribution in [0.25, 0.3) is 44.4 Å². The Balaban J connectivity index is 0.00000666. The molecule has 0 fully saturated rings. The molecule has 0 bridgehead atoms. The molecule has 6 heteroatoms. The summed E-state index contributed by atoms with van der Waals surface area (Å²) in [6.07, 6.45) is 1.91. The maximum atomic E-state index is 12.8. The molecule has 3 heterocycles. The Kier molecular flexibility index (Phi) is 13.8. The molecule has 0 radical (unpaired) electrons. The minimum absolute atomic E-state index is 0. The Morgan fingerprint density at radius 3 is 1.81 bits per heavy atom. The number of hydrogen-bond donors (Lipinski definition) is 1. The van der Waals surface area contributed by atoms with Gasteiger partial charge in [0.2, 0.25) is 0 Å². The van der Waals surface area contributed by atoms with Crippen LogP contribution in [0.3, 0.4) is 0 Å². The molecular formula is C61H70N3O2Pt-. The van der Waals surface area contributed by atoms with Gasteiger partial charge in [0.1, 0.15) is 22.8 Å². The minimum atomic E-state index is -0.343. The van der Waals surface area contributed by atoms with Gasteiger partial charge in [0.15, 0.2) is 0 Å². The van der Waals surface area contributed by atoms with Crippen molar-refractivity contribution in [1.29, 1.82) is 0 Å². The Labute approximate surface area is 415 Å². The molecule has 2 aromatic heterocycles. The smallest absolute Gasteiger partial charge is 0.148 e. The topological polar surface area (TPSA) is 58.5 Å². The SMILES string of the molecule is CC(C)c1cc(C(C)C)c(-c2cc(-c3ccccc3)c(O)c3nc(-c4[c-]c5c(cc4C(C)C)Oc4ccc(C(C)C)cc4N5c4cc(C(C)(C)C)ccn4)cc(C(C)(C)C)c23)c(C(C)C)c1.[Pt]. The third-order valence-electron chi connectivity index (χ3n) is 13.5. The predicted molar refractivity (Wildman–Crippen MR) is 279 cm³/mol. The zero-order valence-corrected chi connectivity index (χ0v) is 44.9. The van der Waals surface area contributed by atoms with Crippen LogP contribution in [-0.4, -0.2) is 15.1 Å². The van der Waals surface area contributed by atoms with E-state index >= 15 is 0 Å². The third kappa shape index (κ3) is 9.35. The summed E-state index contributed by atoms with van der Waals surface area (Å²) >= 11 is 0. The van der Waals surface area contributed by atoms with Crippen LogP contribution >= 0.6 is 0 Å². The van der Waals surface area contributed by atoms with Gasteiger partial charge in [-0.1, -0.05) is 177 Å². The zero-order valence-electron chi connectivity index (χ0n) is 42.6. The molecule has 0 unspecified atom stereocenters. The van der Waals surface area contributed by atoms with E-state index < -0.39 is 0 Å². The summed E-state index contributed by atoms with van der Waals surface area (Å²) in [6, 6.07) is 36.6. The number of fused-ring (bicyclic) bond motifs is 3.